The Balaban J connectivity index is 1.94. The molecule has 0 N–H and O–H groups in total. The summed E-state index contributed by atoms with van der Waals surface area (Å²) in [7, 11) is 0. The lowest BCUT2D eigenvalue weighted by molar-refractivity contribution is -0.156. The van der Waals surface area contributed by atoms with Gasteiger partial charge in [-0.2, -0.15) is 0 Å². The predicted octanol–water partition coefficient (Wildman–Crippen LogP) is 2.94. The fraction of sp³-hybridized carbons (Fsp3) is 0.684. The van der Waals surface area contributed by atoms with Gasteiger partial charge < -0.3 is 14.2 Å². The maximum atomic E-state index is 12.2. The Hall–Kier alpha value is -1.62. The molecule has 5 atom stereocenters. The Labute approximate surface area is 143 Å². The van der Waals surface area contributed by atoms with Crippen molar-refractivity contribution in [3.05, 3.63) is 23.8 Å². The van der Waals surface area contributed by atoms with Crippen LogP contribution < -0.4 is 0 Å². The van der Waals surface area contributed by atoms with Gasteiger partial charge in [-0.25, -0.2) is 4.79 Å². The number of carbonyl (C=O) groups excluding carboxylic acids is 2. The number of allylic oxidation sites excluding steroid dienone is 1. The number of epoxide rings is 1. The lowest BCUT2D eigenvalue weighted by atomic mass is 9.82. The summed E-state index contributed by atoms with van der Waals surface area (Å²) in [6.45, 7) is 11.6. The van der Waals surface area contributed by atoms with Crippen molar-refractivity contribution >= 4 is 11.9 Å². The maximum Gasteiger partial charge on any atom is 0.334 e. The second-order valence-corrected chi connectivity index (χ2v) is 7.70. The van der Waals surface area contributed by atoms with Crippen LogP contribution in [0.3, 0.4) is 0 Å². The van der Waals surface area contributed by atoms with Crippen LogP contribution in [0, 0.1) is 11.8 Å². The third kappa shape index (κ3) is 3.02. The van der Waals surface area contributed by atoms with Gasteiger partial charge in [0.25, 0.3) is 0 Å². The number of rotatable bonds is 2. The molecule has 0 aromatic rings. The van der Waals surface area contributed by atoms with E-state index in [9.17, 15) is 9.59 Å². The van der Waals surface area contributed by atoms with Crippen molar-refractivity contribution in [2.24, 2.45) is 11.8 Å². The van der Waals surface area contributed by atoms with Crippen LogP contribution in [0.1, 0.15) is 47.0 Å². The molecule has 0 amide bonds. The molecule has 3 aliphatic rings. The van der Waals surface area contributed by atoms with Gasteiger partial charge in [-0.3, -0.25) is 4.79 Å². The van der Waals surface area contributed by atoms with Crippen LogP contribution in [-0.4, -0.2) is 35.9 Å². The molecule has 2 heterocycles. The molecular weight excluding hydrogens is 308 g/mol. The molecule has 132 valence electrons. The minimum Gasteiger partial charge on any atom is -0.461 e. The molecule has 2 fully saturated rings. The summed E-state index contributed by atoms with van der Waals surface area (Å²) in [4.78, 5) is 24.3. The molecule has 0 spiro atoms. The highest BCUT2D eigenvalue weighted by Gasteiger charge is 2.63. The molecule has 2 aliphatic heterocycles. The van der Waals surface area contributed by atoms with E-state index in [0.717, 1.165) is 18.4 Å². The van der Waals surface area contributed by atoms with Crippen LogP contribution in [0.4, 0.5) is 0 Å². The third-order valence-electron chi connectivity index (χ3n) is 5.30. The van der Waals surface area contributed by atoms with E-state index < -0.39 is 18.2 Å². The summed E-state index contributed by atoms with van der Waals surface area (Å²) in [6, 6.07) is 0. The summed E-state index contributed by atoms with van der Waals surface area (Å²) < 4.78 is 17.2. The number of carbonyl (C=O) groups is 2. The van der Waals surface area contributed by atoms with Gasteiger partial charge in [0.1, 0.15) is 18.3 Å². The molecule has 0 radical (unpaired) electrons. The van der Waals surface area contributed by atoms with Crippen LogP contribution in [0.25, 0.3) is 0 Å². The van der Waals surface area contributed by atoms with E-state index in [1.54, 1.807) is 13.8 Å². The second kappa shape index (κ2) is 6.03. The number of ether oxygens (including phenoxy) is 3. The molecule has 0 aromatic heterocycles. The molecule has 3 rings (SSSR count). The van der Waals surface area contributed by atoms with Crippen LogP contribution in [0.5, 0.6) is 0 Å². The standard InChI is InChI=1S/C19H26O5/c1-10(2)17(20)22-13-9-11(3)7-6-8-19(5)16(24-19)15-14(13)12(4)18(21)23-15/h7,10,13-16H,4,6,8-9H2,1-3,5H3/b11-7+/t13-,14+,15+,16+,19-/m0/s1. The predicted molar refractivity (Wildman–Crippen MR) is 88.1 cm³/mol. The van der Waals surface area contributed by atoms with E-state index in [4.69, 9.17) is 14.2 Å². The minimum absolute atomic E-state index is 0.155. The smallest absolute Gasteiger partial charge is 0.334 e. The summed E-state index contributed by atoms with van der Waals surface area (Å²) in [5.74, 6) is -1.25. The van der Waals surface area contributed by atoms with Crippen LogP contribution >= 0.6 is 0 Å². The van der Waals surface area contributed by atoms with Gasteiger partial charge in [0, 0.05) is 12.0 Å². The molecule has 0 aromatic carbocycles. The summed E-state index contributed by atoms with van der Waals surface area (Å²) in [5.41, 5.74) is 1.24. The van der Waals surface area contributed by atoms with Gasteiger partial charge in [0.15, 0.2) is 0 Å². The Bertz CT molecular complexity index is 605. The van der Waals surface area contributed by atoms with Crippen molar-refractivity contribution in [1.29, 1.82) is 0 Å². The van der Waals surface area contributed by atoms with Gasteiger partial charge >= 0.3 is 11.9 Å². The molecule has 1 aliphatic carbocycles. The van der Waals surface area contributed by atoms with Gasteiger partial charge in [0.2, 0.25) is 0 Å². The van der Waals surface area contributed by atoms with E-state index in [1.807, 2.05) is 13.8 Å². The van der Waals surface area contributed by atoms with Crippen LogP contribution in [-0.2, 0) is 23.8 Å². The van der Waals surface area contributed by atoms with E-state index in [-0.39, 0.29) is 29.5 Å². The Kier molecular flexibility index (Phi) is 4.32. The quantitative estimate of drug-likeness (QED) is 0.336. The maximum absolute atomic E-state index is 12.2. The topological polar surface area (TPSA) is 65.1 Å². The molecule has 0 unspecified atom stereocenters. The Morgan fingerprint density at radius 1 is 1.46 bits per heavy atom. The fourth-order valence-electron chi connectivity index (χ4n) is 3.70. The lowest BCUT2D eigenvalue weighted by Gasteiger charge is -2.28. The normalized spacial score (nSPS) is 41.0. The van der Waals surface area contributed by atoms with Crippen LogP contribution in [0.2, 0.25) is 0 Å². The lowest BCUT2D eigenvalue weighted by Crippen LogP contribution is -2.39. The Morgan fingerprint density at radius 2 is 2.17 bits per heavy atom. The first kappa shape index (κ1) is 17.2. The van der Waals surface area contributed by atoms with Crippen molar-refractivity contribution in [1.82, 2.24) is 0 Å². The molecule has 2 saturated heterocycles. The first-order valence-corrected chi connectivity index (χ1v) is 8.66. The van der Waals surface area contributed by atoms with E-state index in [1.165, 1.54) is 0 Å². The third-order valence-corrected chi connectivity index (χ3v) is 5.30. The minimum atomic E-state index is -0.452. The zero-order chi connectivity index (χ0) is 17.6. The fourth-order valence-corrected chi connectivity index (χ4v) is 3.70. The average Bonchev–Trinajstić information content (AvgIpc) is 3.07. The zero-order valence-electron chi connectivity index (χ0n) is 14.8. The van der Waals surface area contributed by atoms with Crippen molar-refractivity contribution in [2.75, 3.05) is 0 Å². The van der Waals surface area contributed by atoms with Crippen molar-refractivity contribution < 1.29 is 23.8 Å². The number of hydrogen-bond donors (Lipinski definition) is 0. The van der Waals surface area contributed by atoms with Gasteiger partial charge in [-0.1, -0.05) is 32.1 Å². The average molecular weight is 334 g/mol. The van der Waals surface area contributed by atoms with Crippen molar-refractivity contribution in [2.45, 2.75) is 70.9 Å². The Morgan fingerprint density at radius 3 is 2.83 bits per heavy atom. The highest BCUT2D eigenvalue weighted by atomic mass is 16.6. The van der Waals surface area contributed by atoms with E-state index >= 15 is 0 Å². The highest BCUT2D eigenvalue weighted by Crippen LogP contribution is 2.50. The second-order valence-electron chi connectivity index (χ2n) is 7.70. The van der Waals surface area contributed by atoms with E-state index in [2.05, 4.69) is 12.7 Å². The molecule has 24 heavy (non-hydrogen) atoms. The molecule has 5 heteroatoms. The van der Waals surface area contributed by atoms with Crippen molar-refractivity contribution in [3.63, 3.8) is 0 Å². The largest absolute Gasteiger partial charge is 0.461 e. The number of esters is 2. The molecular formula is C19H26O5. The first-order chi connectivity index (χ1) is 11.2. The van der Waals surface area contributed by atoms with Gasteiger partial charge in [-0.15, -0.1) is 0 Å². The number of fused-ring (bicyclic) bond motifs is 3. The summed E-state index contributed by atoms with van der Waals surface area (Å²) in [5, 5.41) is 0. The van der Waals surface area contributed by atoms with Crippen molar-refractivity contribution in [3.8, 4) is 0 Å². The first-order valence-electron chi connectivity index (χ1n) is 8.66. The number of hydrogen-bond acceptors (Lipinski definition) is 5. The molecule has 0 bridgehead atoms. The van der Waals surface area contributed by atoms with Crippen LogP contribution in [0.15, 0.2) is 23.8 Å². The van der Waals surface area contributed by atoms with Gasteiger partial charge in [0.05, 0.1) is 17.4 Å². The molecule has 5 nitrogen and oxygen atoms in total. The zero-order valence-corrected chi connectivity index (χ0v) is 14.8. The van der Waals surface area contributed by atoms with E-state index in [0.29, 0.717) is 12.0 Å². The highest BCUT2D eigenvalue weighted by molar-refractivity contribution is 5.91. The van der Waals surface area contributed by atoms with Gasteiger partial charge in [-0.05, 0) is 26.7 Å². The molecule has 0 saturated carbocycles. The summed E-state index contributed by atoms with van der Waals surface area (Å²) >= 11 is 0. The monoisotopic (exact) mass is 334 g/mol. The summed E-state index contributed by atoms with van der Waals surface area (Å²) in [6.07, 6.45) is 3.50. The SMILES string of the molecule is C=C1C(=O)O[C@@H]2[C@H]1[C@@H](OC(=O)C(C)C)C/C(C)=C/CC[C@]1(C)O[C@H]21.